The number of hydrogen-bond acceptors (Lipinski definition) is 4. The fourth-order valence-electron chi connectivity index (χ4n) is 1.53. The van der Waals surface area contributed by atoms with E-state index in [-0.39, 0.29) is 11.5 Å². The second-order valence-electron chi connectivity index (χ2n) is 4.68. The van der Waals surface area contributed by atoms with Crippen molar-refractivity contribution in [1.29, 1.82) is 0 Å². The first-order valence-corrected chi connectivity index (χ1v) is 6.71. The van der Waals surface area contributed by atoms with Crippen LogP contribution >= 0.6 is 0 Å². The lowest BCUT2D eigenvalue weighted by Crippen LogP contribution is -2.33. The van der Waals surface area contributed by atoms with E-state index in [4.69, 9.17) is 4.84 Å². The second kappa shape index (κ2) is 7.28. The summed E-state index contributed by atoms with van der Waals surface area (Å²) in [5.41, 5.74) is 2.91. The first kappa shape index (κ1) is 15.6. The predicted octanol–water partition coefficient (Wildman–Crippen LogP) is 0.756. The molecular weight excluding hydrogens is 284 g/mol. The van der Waals surface area contributed by atoms with E-state index in [9.17, 15) is 9.59 Å². The smallest absolute Gasteiger partial charge is 0.271 e. The highest BCUT2D eigenvalue weighted by Crippen LogP contribution is 2.02. The molecule has 0 unspecified atom stereocenters. The summed E-state index contributed by atoms with van der Waals surface area (Å²) in [7, 11) is 0. The Morgan fingerprint density at radius 2 is 1.95 bits per heavy atom. The molecule has 2 rings (SSSR count). The summed E-state index contributed by atoms with van der Waals surface area (Å²) in [4.78, 5) is 31.5. The van der Waals surface area contributed by atoms with Crippen molar-refractivity contribution < 1.29 is 14.4 Å². The molecule has 0 aliphatic rings. The molecule has 0 radical (unpaired) electrons. The predicted molar refractivity (Wildman–Crippen MR) is 78.5 cm³/mol. The van der Waals surface area contributed by atoms with Crippen molar-refractivity contribution in [2.45, 2.75) is 20.0 Å². The van der Waals surface area contributed by atoms with Gasteiger partial charge in [0.15, 0.2) is 0 Å². The summed E-state index contributed by atoms with van der Waals surface area (Å²) < 4.78 is 1.63. The fourth-order valence-corrected chi connectivity index (χ4v) is 1.53. The molecule has 2 amide bonds. The van der Waals surface area contributed by atoms with Crippen molar-refractivity contribution >= 4 is 11.8 Å². The van der Waals surface area contributed by atoms with Gasteiger partial charge in [-0.3, -0.25) is 14.4 Å². The number of carbonyl (C=O) groups excluding carboxylic acids is 2. The highest BCUT2D eigenvalue weighted by atomic mass is 16.7. The van der Waals surface area contributed by atoms with Crippen molar-refractivity contribution in [1.82, 2.24) is 15.3 Å². The van der Waals surface area contributed by atoms with E-state index in [1.54, 1.807) is 30.8 Å². The number of rotatable bonds is 3. The van der Waals surface area contributed by atoms with Gasteiger partial charge in [0.05, 0.1) is 23.3 Å². The molecule has 1 aromatic carbocycles. The zero-order valence-corrected chi connectivity index (χ0v) is 12.3. The van der Waals surface area contributed by atoms with Gasteiger partial charge in [0.25, 0.3) is 0 Å². The lowest BCUT2D eigenvalue weighted by Gasteiger charge is -2.05. The highest BCUT2D eigenvalue weighted by molar-refractivity contribution is 6.35. The van der Waals surface area contributed by atoms with Crippen LogP contribution in [0, 0.1) is 0 Å². The molecule has 0 saturated heterocycles. The quantitative estimate of drug-likeness (QED) is 0.669. The average Bonchev–Trinajstić information content (AvgIpc) is 2.54. The first-order chi connectivity index (χ1) is 10.6. The number of hydroxylamine groups is 1. The molecule has 22 heavy (non-hydrogen) atoms. The van der Waals surface area contributed by atoms with Gasteiger partial charge in [0, 0.05) is 6.20 Å². The molecule has 7 nitrogen and oxygen atoms in total. The van der Waals surface area contributed by atoms with E-state index < -0.39 is 11.8 Å². The normalized spacial score (nSPS) is 11.5. The van der Waals surface area contributed by atoms with Crippen LogP contribution in [-0.4, -0.2) is 27.7 Å². The van der Waals surface area contributed by atoms with Gasteiger partial charge in [-0.2, -0.15) is 5.10 Å². The minimum absolute atomic E-state index is 0.222. The van der Waals surface area contributed by atoms with Crippen molar-refractivity contribution in [3.8, 4) is 5.69 Å². The third-order valence-electron chi connectivity index (χ3n) is 2.53. The lowest BCUT2D eigenvalue weighted by molar-refractivity contribution is -0.147. The molecule has 2 aromatic rings. The van der Waals surface area contributed by atoms with Gasteiger partial charge in [-0.15, -0.1) is 0 Å². The molecule has 1 N–H and O–H groups in total. The zero-order valence-electron chi connectivity index (χ0n) is 12.3. The molecule has 0 atom stereocenters. The third kappa shape index (κ3) is 4.35. The van der Waals surface area contributed by atoms with Gasteiger partial charge in [0.1, 0.15) is 0 Å². The average molecular weight is 300 g/mol. The number of aromatic nitrogens is 2. The summed E-state index contributed by atoms with van der Waals surface area (Å²) >= 11 is 0. The lowest BCUT2D eigenvalue weighted by atomic mass is 10.3. The number of para-hydroxylation sites is 1. The molecule has 114 valence electrons. The third-order valence-corrected chi connectivity index (χ3v) is 2.53. The van der Waals surface area contributed by atoms with Gasteiger partial charge in [-0.1, -0.05) is 18.2 Å². The van der Waals surface area contributed by atoms with Crippen LogP contribution in [0.5, 0.6) is 0 Å². The van der Waals surface area contributed by atoms with Gasteiger partial charge in [-0.05, 0) is 32.0 Å². The van der Waals surface area contributed by atoms with E-state index >= 15 is 0 Å². The maximum Gasteiger partial charge on any atom is 0.337 e. The number of amides is 2. The van der Waals surface area contributed by atoms with Crippen molar-refractivity contribution in [2.75, 3.05) is 0 Å². The summed E-state index contributed by atoms with van der Waals surface area (Å²) in [5.74, 6) is -1.87. The summed E-state index contributed by atoms with van der Waals surface area (Å²) in [5, 5.41) is 4.43. The molecule has 0 bridgehead atoms. The Bertz CT molecular complexity index is 703. The van der Waals surface area contributed by atoms with Gasteiger partial charge < -0.3 is 0 Å². The van der Waals surface area contributed by atoms with Crippen molar-refractivity contribution in [3.05, 3.63) is 54.1 Å². The van der Waals surface area contributed by atoms with E-state index in [0.29, 0.717) is 0 Å². The molecule has 0 aliphatic carbocycles. The maximum atomic E-state index is 11.6. The minimum atomic E-state index is -0.945. The Morgan fingerprint density at radius 3 is 2.55 bits per heavy atom. The van der Waals surface area contributed by atoms with Gasteiger partial charge >= 0.3 is 11.8 Å². The van der Waals surface area contributed by atoms with Crippen LogP contribution < -0.4 is 10.8 Å². The van der Waals surface area contributed by atoms with Crippen LogP contribution in [-0.2, 0) is 14.4 Å². The van der Waals surface area contributed by atoms with Crippen LogP contribution in [0.2, 0.25) is 0 Å². The van der Waals surface area contributed by atoms with Gasteiger partial charge in [-0.25, -0.2) is 15.2 Å². The number of nitrogens with one attached hydrogen (secondary N) is 1. The molecule has 1 heterocycles. The Kier molecular flexibility index (Phi) is 5.16. The molecule has 0 aliphatic heterocycles. The summed E-state index contributed by atoms with van der Waals surface area (Å²) in [6, 6.07) is 11.1. The number of nitrogens with zero attached hydrogens (tertiary/aromatic N) is 3. The number of carbonyl (C=O) groups is 2. The van der Waals surface area contributed by atoms with Crippen LogP contribution in [0.15, 0.2) is 53.8 Å². The fraction of sp³-hybridized carbons (Fsp3) is 0.200. The zero-order chi connectivity index (χ0) is 15.9. The SMILES string of the molecule is CC(C)ONC(=O)C(=O)/N=c1\ccn(-c2ccccc2)nc1. The van der Waals surface area contributed by atoms with Crippen molar-refractivity contribution in [3.63, 3.8) is 0 Å². The highest BCUT2D eigenvalue weighted by Gasteiger charge is 2.12. The van der Waals surface area contributed by atoms with E-state index in [1.165, 1.54) is 6.20 Å². The van der Waals surface area contributed by atoms with Crippen LogP contribution in [0.4, 0.5) is 0 Å². The molecule has 0 saturated carbocycles. The minimum Gasteiger partial charge on any atom is -0.271 e. The van der Waals surface area contributed by atoms with Gasteiger partial charge in [0.2, 0.25) is 0 Å². The van der Waals surface area contributed by atoms with Crippen molar-refractivity contribution in [2.24, 2.45) is 4.99 Å². The monoisotopic (exact) mass is 300 g/mol. The summed E-state index contributed by atoms with van der Waals surface area (Å²) in [6.07, 6.45) is 2.84. The summed E-state index contributed by atoms with van der Waals surface area (Å²) in [6.45, 7) is 3.46. The van der Waals surface area contributed by atoms with Crippen LogP contribution in [0.1, 0.15) is 13.8 Å². The second-order valence-corrected chi connectivity index (χ2v) is 4.68. The number of hydrogen-bond donors (Lipinski definition) is 1. The van der Waals surface area contributed by atoms with E-state index in [0.717, 1.165) is 5.69 Å². The Morgan fingerprint density at radius 1 is 1.23 bits per heavy atom. The van der Waals surface area contributed by atoms with Crippen LogP contribution in [0.25, 0.3) is 5.69 Å². The number of benzene rings is 1. The maximum absolute atomic E-state index is 11.6. The Labute approximate surface area is 127 Å². The largest absolute Gasteiger partial charge is 0.337 e. The van der Waals surface area contributed by atoms with E-state index in [1.807, 2.05) is 35.8 Å². The van der Waals surface area contributed by atoms with Crippen LogP contribution in [0.3, 0.4) is 0 Å². The first-order valence-electron chi connectivity index (χ1n) is 6.71. The Balaban J connectivity index is 2.09. The molecule has 0 fully saturated rings. The molecular formula is C15H16N4O3. The molecule has 7 heteroatoms. The van der Waals surface area contributed by atoms with E-state index in [2.05, 4.69) is 10.1 Å². The molecule has 1 aromatic heterocycles. The Hall–Kier alpha value is -2.80. The topological polar surface area (TPSA) is 85.6 Å². The standard InChI is InChI=1S/C15H16N4O3/c1-11(2)22-18-15(21)14(20)17-12-8-9-19(16-10-12)13-6-4-3-5-7-13/h3-11H,1-2H3,(H,18,21)/b17-12+. The molecule has 0 spiro atoms.